The van der Waals surface area contributed by atoms with Crippen LogP contribution in [0.15, 0.2) is 24.3 Å². The number of anilines is 1. The molecule has 0 saturated carbocycles. The minimum atomic E-state index is -0.0233. The maximum atomic E-state index is 12.6. The van der Waals surface area contributed by atoms with E-state index in [0.29, 0.717) is 36.7 Å². The molecular formula is C18H25N3O3. The minimum Gasteiger partial charge on any atom is -0.356 e. The van der Waals surface area contributed by atoms with Gasteiger partial charge in [-0.05, 0) is 43.0 Å². The number of amides is 3. The molecule has 0 aromatic heterocycles. The fourth-order valence-electron chi connectivity index (χ4n) is 2.82. The van der Waals surface area contributed by atoms with Crippen LogP contribution in [0.1, 0.15) is 37.0 Å². The van der Waals surface area contributed by atoms with Crippen molar-refractivity contribution in [1.29, 1.82) is 0 Å². The Balaban J connectivity index is 1.92. The van der Waals surface area contributed by atoms with E-state index in [9.17, 15) is 14.4 Å². The molecule has 6 heteroatoms. The first-order valence-electron chi connectivity index (χ1n) is 8.38. The Hall–Kier alpha value is -2.37. The van der Waals surface area contributed by atoms with Crippen molar-refractivity contribution < 1.29 is 14.4 Å². The summed E-state index contributed by atoms with van der Waals surface area (Å²) >= 11 is 0. The third-order valence-electron chi connectivity index (χ3n) is 4.25. The van der Waals surface area contributed by atoms with Gasteiger partial charge in [-0.25, -0.2) is 0 Å². The number of rotatable bonds is 6. The zero-order valence-electron chi connectivity index (χ0n) is 14.2. The molecule has 24 heavy (non-hydrogen) atoms. The Morgan fingerprint density at radius 1 is 1.29 bits per heavy atom. The SMILES string of the molecule is CC(C)C(=O)NC[C@@H]1CCCN(C(=O)c2ccc(NC=O)cc2)C1. The van der Waals surface area contributed by atoms with E-state index in [0.717, 1.165) is 19.4 Å². The van der Waals surface area contributed by atoms with Crippen LogP contribution in [0.4, 0.5) is 5.69 Å². The van der Waals surface area contributed by atoms with E-state index in [1.165, 1.54) is 0 Å². The van der Waals surface area contributed by atoms with Gasteiger partial charge in [-0.2, -0.15) is 0 Å². The average molecular weight is 331 g/mol. The van der Waals surface area contributed by atoms with Gasteiger partial charge in [-0.15, -0.1) is 0 Å². The monoisotopic (exact) mass is 331 g/mol. The summed E-state index contributed by atoms with van der Waals surface area (Å²) in [5.74, 6) is 0.315. The first-order valence-corrected chi connectivity index (χ1v) is 8.38. The predicted molar refractivity (Wildman–Crippen MR) is 92.6 cm³/mol. The van der Waals surface area contributed by atoms with Crippen LogP contribution in [0.5, 0.6) is 0 Å². The number of likely N-dealkylation sites (tertiary alicyclic amines) is 1. The maximum Gasteiger partial charge on any atom is 0.253 e. The van der Waals surface area contributed by atoms with E-state index in [-0.39, 0.29) is 17.7 Å². The lowest BCUT2D eigenvalue weighted by molar-refractivity contribution is -0.124. The minimum absolute atomic E-state index is 0.00691. The summed E-state index contributed by atoms with van der Waals surface area (Å²) in [7, 11) is 0. The molecule has 1 aromatic rings. The Morgan fingerprint density at radius 2 is 2.00 bits per heavy atom. The largest absolute Gasteiger partial charge is 0.356 e. The van der Waals surface area contributed by atoms with Gasteiger partial charge in [0.2, 0.25) is 12.3 Å². The molecule has 2 N–H and O–H groups in total. The number of carbonyl (C=O) groups is 3. The number of piperidine rings is 1. The third-order valence-corrected chi connectivity index (χ3v) is 4.25. The maximum absolute atomic E-state index is 12.6. The van der Waals surface area contributed by atoms with Crippen molar-refractivity contribution in [2.75, 3.05) is 25.0 Å². The molecule has 6 nitrogen and oxygen atoms in total. The van der Waals surface area contributed by atoms with E-state index in [2.05, 4.69) is 10.6 Å². The lowest BCUT2D eigenvalue weighted by atomic mass is 9.97. The van der Waals surface area contributed by atoms with Gasteiger partial charge in [0.1, 0.15) is 0 Å². The van der Waals surface area contributed by atoms with Gasteiger partial charge in [0, 0.05) is 36.8 Å². The van der Waals surface area contributed by atoms with Gasteiger partial charge in [-0.1, -0.05) is 13.8 Å². The fraction of sp³-hybridized carbons (Fsp3) is 0.500. The van der Waals surface area contributed by atoms with Crippen molar-refractivity contribution in [1.82, 2.24) is 10.2 Å². The van der Waals surface area contributed by atoms with Crippen LogP contribution in [0, 0.1) is 11.8 Å². The summed E-state index contributed by atoms with van der Waals surface area (Å²) in [4.78, 5) is 36.6. The van der Waals surface area contributed by atoms with Gasteiger partial charge in [0.15, 0.2) is 0 Å². The molecule has 1 aromatic carbocycles. The lowest BCUT2D eigenvalue weighted by Gasteiger charge is -2.33. The van der Waals surface area contributed by atoms with Crippen LogP contribution in [0.3, 0.4) is 0 Å². The lowest BCUT2D eigenvalue weighted by Crippen LogP contribution is -2.44. The van der Waals surface area contributed by atoms with E-state index < -0.39 is 0 Å². The van der Waals surface area contributed by atoms with Gasteiger partial charge in [-0.3, -0.25) is 14.4 Å². The topological polar surface area (TPSA) is 78.5 Å². The number of hydrogen-bond donors (Lipinski definition) is 2. The van der Waals surface area contributed by atoms with E-state index >= 15 is 0 Å². The van der Waals surface area contributed by atoms with E-state index in [4.69, 9.17) is 0 Å². The Kier molecular flexibility index (Phi) is 6.35. The number of hydrogen-bond acceptors (Lipinski definition) is 3. The van der Waals surface area contributed by atoms with Crippen LogP contribution in [0.25, 0.3) is 0 Å². The van der Waals surface area contributed by atoms with Crippen LogP contribution in [0.2, 0.25) is 0 Å². The Morgan fingerprint density at radius 3 is 2.62 bits per heavy atom. The zero-order chi connectivity index (χ0) is 17.5. The average Bonchev–Trinajstić information content (AvgIpc) is 2.60. The fourth-order valence-corrected chi connectivity index (χ4v) is 2.82. The molecule has 3 amide bonds. The summed E-state index contributed by atoms with van der Waals surface area (Å²) in [6.07, 6.45) is 2.57. The molecule has 0 aliphatic carbocycles. The van der Waals surface area contributed by atoms with Crippen LogP contribution in [-0.2, 0) is 9.59 Å². The van der Waals surface area contributed by atoms with Crippen LogP contribution in [-0.4, -0.2) is 42.8 Å². The molecule has 0 spiro atoms. The van der Waals surface area contributed by atoms with Gasteiger partial charge in [0.25, 0.3) is 5.91 Å². The summed E-state index contributed by atoms with van der Waals surface area (Å²) in [5, 5.41) is 5.51. The smallest absolute Gasteiger partial charge is 0.253 e. The molecule has 1 aliphatic heterocycles. The Bertz CT molecular complexity index is 584. The molecule has 1 fully saturated rings. The first kappa shape index (κ1) is 18.0. The highest BCUT2D eigenvalue weighted by atomic mass is 16.2. The summed E-state index contributed by atoms with van der Waals surface area (Å²) in [5.41, 5.74) is 1.27. The summed E-state index contributed by atoms with van der Waals surface area (Å²) < 4.78 is 0. The normalized spacial score (nSPS) is 17.5. The van der Waals surface area contributed by atoms with Crippen molar-refractivity contribution in [3.8, 4) is 0 Å². The molecule has 1 aliphatic rings. The Labute approximate surface area is 142 Å². The molecule has 0 bridgehead atoms. The van der Waals surface area contributed by atoms with E-state index in [1.807, 2.05) is 18.7 Å². The zero-order valence-corrected chi connectivity index (χ0v) is 14.2. The van der Waals surface area contributed by atoms with Crippen molar-refractivity contribution in [2.45, 2.75) is 26.7 Å². The number of nitrogens with zero attached hydrogens (tertiary/aromatic N) is 1. The number of nitrogens with one attached hydrogen (secondary N) is 2. The van der Waals surface area contributed by atoms with Gasteiger partial charge >= 0.3 is 0 Å². The van der Waals surface area contributed by atoms with Gasteiger partial charge in [0.05, 0.1) is 0 Å². The van der Waals surface area contributed by atoms with Crippen molar-refractivity contribution in [3.63, 3.8) is 0 Å². The third kappa shape index (κ3) is 4.81. The highest BCUT2D eigenvalue weighted by Gasteiger charge is 2.25. The standard InChI is InChI=1S/C18H25N3O3/c1-13(2)17(23)19-10-14-4-3-9-21(11-14)18(24)15-5-7-16(8-6-15)20-12-22/h5-8,12-14H,3-4,9-11H2,1-2H3,(H,19,23)(H,20,22)/t14-/m0/s1. The molecule has 1 atom stereocenters. The highest BCUT2D eigenvalue weighted by Crippen LogP contribution is 2.19. The molecule has 0 unspecified atom stereocenters. The second kappa shape index (κ2) is 8.47. The molecule has 0 radical (unpaired) electrons. The molecule has 1 heterocycles. The van der Waals surface area contributed by atoms with Gasteiger partial charge < -0.3 is 15.5 Å². The number of carbonyl (C=O) groups excluding carboxylic acids is 3. The number of benzene rings is 1. The second-order valence-electron chi connectivity index (χ2n) is 6.50. The van der Waals surface area contributed by atoms with Crippen molar-refractivity contribution in [2.24, 2.45) is 11.8 Å². The quantitative estimate of drug-likeness (QED) is 0.781. The summed E-state index contributed by atoms with van der Waals surface area (Å²) in [6.45, 7) is 5.75. The molecular weight excluding hydrogens is 306 g/mol. The van der Waals surface area contributed by atoms with Crippen molar-refractivity contribution in [3.05, 3.63) is 29.8 Å². The second-order valence-corrected chi connectivity index (χ2v) is 6.50. The predicted octanol–water partition coefficient (Wildman–Crippen LogP) is 1.88. The summed E-state index contributed by atoms with van der Waals surface area (Å²) in [6, 6.07) is 6.87. The highest BCUT2D eigenvalue weighted by molar-refractivity contribution is 5.94. The van der Waals surface area contributed by atoms with Crippen LogP contribution >= 0.6 is 0 Å². The molecule has 130 valence electrons. The van der Waals surface area contributed by atoms with Crippen LogP contribution < -0.4 is 10.6 Å². The first-order chi connectivity index (χ1) is 11.5. The van der Waals surface area contributed by atoms with E-state index in [1.54, 1.807) is 24.3 Å². The molecule has 2 rings (SSSR count). The molecule has 1 saturated heterocycles. The van der Waals surface area contributed by atoms with Crippen molar-refractivity contribution >= 4 is 23.9 Å².